The van der Waals surface area contributed by atoms with Gasteiger partial charge >= 0.3 is 0 Å². The lowest BCUT2D eigenvalue weighted by molar-refractivity contribution is 0.129. The molecule has 0 aliphatic rings. The summed E-state index contributed by atoms with van der Waals surface area (Å²) in [6.45, 7) is 5.63. The van der Waals surface area contributed by atoms with E-state index in [1.807, 2.05) is 12.1 Å². The lowest BCUT2D eigenvalue weighted by Crippen LogP contribution is -2.38. The number of ether oxygens (including phenoxy) is 2. The number of unbranched alkanes of at least 4 members (excludes halogenated alkanes) is 1. The normalized spacial score (nSPS) is 10.9. The van der Waals surface area contributed by atoms with Gasteiger partial charge in [0.2, 0.25) is 0 Å². The summed E-state index contributed by atoms with van der Waals surface area (Å²) in [4.78, 5) is 4.24. The Balaban J connectivity index is 0.00000576. The highest BCUT2D eigenvalue weighted by Crippen LogP contribution is 2.12. The van der Waals surface area contributed by atoms with Crippen molar-refractivity contribution in [2.45, 2.75) is 39.0 Å². The Hall–Kier alpha value is -1.02. The van der Waals surface area contributed by atoms with Gasteiger partial charge in [0.1, 0.15) is 5.75 Å². The molecule has 6 heteroatoms. The van der Waals surface area contributed by atoms with Crippen molar-refractivity contribution in [3.05, 3.63) is 29.8 Å². The average molecular weight is 463 g/mol. The van der Waals surface area contributed by atoms with E-state index in [2.05, 4.69) is 34.7 Å². The molecule has 0 spiro atoms. The first-order valence-corrected chi connectivity index (χ1v) is 8.95. The monoisotopic (exact) mass is 463 g/mol. The summed E-state index contributed by atoms with van der Waals surface area (Å²) in [6, 6.07) is 8.24. The van der Waals surface area contributed by atoms with Crippen LogP contribution in [0.4, 0.5) is 0 Å². The second-order valence-electron chi connectivity index (χ2n) is 5.70. The molecule has 5 nitrogen and oxygen atoms in total. The van der Waals surface area contributed by atoms with Crippen LogP contribution in [0.3, 0.4) is 0 Å². The molecule has 0 aliphatic carbocycles. The molecule has 0 atom stereocenters. The molecular formula is C19H34IN3O2. The van der Waals surface area contributed by atoms with Crippen LogP contribution >= 0.6 is 24.0 Å². The quantitative estimate of drug-likeness (QED) is 0.215. The van der Waals surface area contributed by atoms with Crippen LogP contribution in [0.25, 0.3) is 0 Å². The second-order valence-corrected chi connectivity index (χ2v) is 5.70. The largest absolute Gasteiger partial charge is 0.497 e. The van der Waals surface area contributed by atoms with Crippen LogP contribution in [0.15, 0.2) is 29.3 Å². The molecule has 0 heterocycles. The van der Waals surface area contributed by atoms with Crippen LogP contribution in [0.1, 0.15) is 38.2 Å². The number of nitrogens with zero attached hydrogens (tertiary/aromatic N) is 1. The number of benzene rings is 1. The van der Waals surface area contributed by atoms with Gasteiger partial charge in [-0.2, -0.15) is 0 Å². The maximum absolute atomic E-state index is 5.54. The molecule has 25 heavy (non-hydrogen) atoms. The number of halogens is 1. The van der Waals surface area contributed by atoms with Crippen molar-refractivity contribution in [2.24, 2.45) is 4.99 Å². The summed E-state index contributed by atoms with van der Waals surface area (Å²) < 4.78 is 10.7. The summed E-state index contributed by atoms with van der Waals surface area (Å²) in [5, 5.41) is 6.66. The van der Waals surface area contributed by atoms with Crippen LogP contribution < -0.4 is 15.4 Å². The lowest BCUT2D eigenvalue weighted by Gasteiger charge is -2.12. The van der Waals surface area contributed by atoms with Crippen molar-refractivity contribution in [1.29, 1.82) is 0 Å². The highest BCUT2D eigenvalue weighted by molar-refractivity contribution is 14.0. The molecular weight excluding hydrogens is 429 g/mol. The van der Waals surface area contributed by atoms with Crippen LogP contribution in [0.5, 0.6) is 5.75 Å². The highest BCUT2D eigenvalue weighted by atomic mass is 127. The molecule has 0 aromatic heterocycles. The number of aryl methyl sites for hydroxylation is 1. The molecule has 0 bridgehead atoms. The first kappa shape index (κ1) is 24.0. The van der Waals surface area contributed by atoms with E-state index in [0.29, 0.717) is 0 Å². The summed E-state index contributed by atoms with van der Waals surface area (Å²) in [5.74, 6) is 1.76. The molecule has 0 fully saturated rings. The predicted molar refractivity (Wildman–Crippen MR) is 116 cm³/mol. The van der Waals surface area contributed by atoms with E-state index in [-0.39, 0.29) is 24.0 Å². The Kier molecular flexibility index (Phi) is 15.8. The maximum atomic E-state index is 5.54. The van der Waals surface area contributed by atoms with Crippen LogP contribution in [0.2, 0.25) is 0 Å². The fourth-order valence-corrected chi connectivity index (χ4v) is 2.24. The zero-order valence-corrected chi connectivity index (χ0v) is 18.2. The van der Waals surface area contributed by atoms with Gasteiger partial charge < -0.3 is 20.1 Å². The summed E-state index contributed by atoms with van der Waals surface area (Å²) in [7, 11) is 3.49. The SMILES string of the molecule is CCCCOCCCNC(=NC)NCCCc1ccc(OC)cc1.I. The predicted octanol–water partition coefficient (Wildman–Crippen LogP) is 3.62. The Labute approximate surface area is 170 Å². The zero-order valence-electron chi connectivity index (χ0n) is 15.8. The van der Waals surface area contributed by atoms with Crippen LogP contribution in [0, 0.1) is 0 Å². The maximum Gasteiger partial charge on any atom is 0.190 e. The van der Waals surface area contributed by atoms with Gasteiger partial charge in [0.05, 0.1) is 7.11 Å². The van der Waals surface area contributed by atoms with E-state index < -0.39 is 0 Å². The summed E-state index contributed by atoms with van der Waals surface area (Å²) in [5.41, 5.74) is 1.32. The van der Waals surface area contributed by atoms with Crippen molar-refractivity contribution in [2.75, 3.05) is 40.5 Å². The van der Waals surface area contributed by atoms with Crippen molar-refractivity contribution in [1.82, 2.24) is 10.6 Å². The zero-order chi connectivity index (χ0) is 17.5. The average Bonchev–Trinajstić information content (AvgIpc) is 2.63. The van der Waals surface area contributed by atoms with E-state index in [1.54, 1.807) is 14.2 Å². The minimum Gasteiger partial charge on any atom is -0.497 e. The van der Waals surface area contributed by atoms with E-state index in [1.165, 1.54) is 12.0 Å². The summed E-state index contributed by atoms with van der Waals surface area (Å²) in [6.07, 6.45) is 5.43. The molecule has 1 aromatic carbocycles. The molecule has 0 amide bonds. The fraction of sp³-hybridized carbons (Fsp3) is 0.632. The number of hydrogen-bond donors (Lipinski definition) is 2. The third-order valence-electron chi connectivity index (χ3n) is 3.72. The first-order valence-electron chi connectivity index (χ1n) is 8.95. The second kappa shape index (κ2) is 16.4. The topological polar surface area (TPSA) is 54.9 Å². The molecule has 1 aromatic rings. The molecule has 0 radical (unpaired) electrons. The Bertz CT molecular complexity index is 452. The first-order chi connectivity index (χ1) is 11.8. The highest BCUT2D eigenvalue weighted by Gasteiger charge is 1.98. The van der Waals surface area contributed by atoms with Gasteiger partial charge in [-0.3, -0.25) is 4.99 Å². The molecule has 0 aliphatic heterocycles. The molecule has 144 valence electrons. The van der Waals surface area contributed by atoms with Crippen molar-refractivity contribution < 1.29 is 9.47 Å². The van der Waals surface area contributed by atoms with Gasteiger partial charge in [-0.1, -0.05) is 25.5 Å². The molecule has 0 unspecified atom stereocenters. The van der Waals surface area contributed by atoms with Crippen LogP contribution in [-0.4, -0.2) is 46.4 Å². The number of methoxy groups -OCH3 is 1. The molecule has 2 N–H and O–H groups in total. The fourth-order valence-electron chi connectivity index (χ4n) is 2.24. The van der Waals surface area contributed by atoms with Gasteiger partial charge in [0.15, 0.2) is 5.96 Å². The number of aliphatic imine (C=N–C) groups is 1. The van der Waals surface area contributed by atoms with E-state index in [4.69, 9.17) is 9.47 Å². The molecule has 1 rings (SSSR count). The number of guanidine groups is 1. The molecule has 0 saturated carbocycles. The Morgan fingerprint density at radius 3 is 2.24 bits per heavy atom. The Morgan fingerprint density at radius 2 is 1.64 bits per heavy atom. The van der Waals surface area contributed by atoms with E-state index in [0.717, 1.165) is 63.7 Å². The standard InChI is InChI=1S/C19H33N3O2.HI/c1-4-5-15-24-16-7-14-22-19(20-2)21-13-6-8-17-9-11-18(23-3)12-10-17;/h9-12H,4-8,13-16H2,1-3H3,(H2,20,21,22);1H. The van der Waals surface area contributed by atoms with Gasteiger partial charge in [-0.15, -0.1) is 24.0 Å². The van der Waals surface area contributed by atoms with Crippen molar-refractivity contribution >= 4 is 29.9 Å². The third kappa shape index (κ3) is 12.0. The van der Waals surface area contributed by atoms with Crippen molar-refractivity contribution in [3.63, 3.8) is 0 Å². The molecule has 0 saturated heterocycles. The number of rotatable bonds is 12. The lowest BCUT2D eigenvalue weighted by atomic mass is 10.1. The minimum absolute atomic E-state index is 0. The smallest absolute Gasteiger partial charge is 0.190 e. The number of hydrogen-bond acceptors (Lipinski definition) is 3. The van der Waals surface area contributed by atoms with Gasteiger partial charge in [0.25, 0.3) is 0 Å². The number of nitrogens with one attached hydrogen (secondary N) is 2. The third-order valence-corrected chi connectivity index (χ3v) is 3.72. The van der Waals surface area contributed by atoms with Crippen LogP contribution in [-0.2, 0) is 11.2 Å². The minimum atomic E-state index is 0. The van der Waals surface area contributed by atoms with Gasteiger partial charge in [-0.05, 0) is 43.4 Å². The van der Waals surface area contributed by atoms with E-state index in [9.17, 15) is 0 Å². The van der Waals surface area contributed by atoms with Gasteiger partial charge in [0, 0.05) is 33.4 Å². The summed E-state index contributed by atoms with van der Waals surface area (Å²) >= 11 is 0. The van der Waals surface area contributed by atoms with Gasteiger partial charge in [-0.25, -0.2) is 0 Å². The van der Waals surface area contributed by atoms with E-state index >= 15 is 0 Å². The van der Waals surface area contributed by atoms with Crippen molar-refractivity contribution in [3.8, 4) is 5.75 Å². The Morgan fingerprint density at radius 1 is 1.00 bits per heavy atom.